The van der Waals surface area contributed by atoms with Crippen LogP contribution in [0.1, 0.15) is 62.0 Å². The molecule has 1 aromatic carbocycles. The van der Waals surface area contributed by atoms with E-state index in [1.54, 1.807) is 39.8 Å². The fraction of sp³-hybridized carbons (Fsp3) is 0.500. The molecule has 8 heteroatoms. The normalized spacial score (nSPS) is 22.0. The lowest BCUT2D eigenvalue weighted by molar-refractivity contribution is -0.142. The van der Waals surface area contributed by atoms with Crippen molar-refractivity contribution < 1.29 is 23.9 Å². The number of carbonyl (C=O) groups is 4. The van der Waals surface area contributed by atoms with E-state index >= 15 is 0 Å². The van der Waals surface area contributed by atoms with E-state index in [0.29, 0.717) is 12.0 Å². The average Bonchev–Trinajstić information content (AvgIpc) is 2.92. The van der Waals surface area contributed by atoms with Gasteiger partial charge in [-0.05, 0) is 51.3 Å². The number of rotatable bonds is 3. The van der Waals surface area contributed by atoms with Crippen LogP contribution in [-0.2, 0) is 27.4 Å². The molecule has 0 aliphatic carbocycles. The van der Waals surface area contributed by atoms with Crippen LogP contribution in [0.2, 0.25) is 0 Å². The Morgan fingerprint density at radius 1 is 1.29 bits per heavy atom. The number of fused-ring (bicyclic) bond motifs is 1. The number of alkyl carbamates (subject to hydrolysis) is 1. The Balaban J connectivity index is 1.71. The van der Waals surface area contributed by atoms with Gasteiger partial charge in [0, 0.05) is 25.1 Å². The predicted octanol–water partition coefficient (Wildman–Crippen LogP) is 1.86. The van der Waals surface area contributed by atoms with Gasteiger partial charge in [-0.15, -0.1) is 0 Å². The smallest absolute Gasteiger partial charge is 0.407 e. The molecular weight excluding hydrogens is 362 g/mol. The molecule has 0 spiro atoms. The largest absolute Gasteiger partial charge is 0.444 e. The molecule has 2 heterocycles. The molecule has 1 atom stereocenters. The first-order valence-electron chi connectivity index (χ1n) is 9.24. The topological polar surface area (TPSA) is 105 Å². The molecule has 2 aliphatic heterocycles. The van der Waals surface area contributed by atoms with Gasteiger partial charge in [0.2, 0.25) is 5.91 Å². The first-order valence-corrected chi connectivity index (χ1v) is 9.24. The fourth-order valence-corrected chi connectivity index (χ4v) is 3.42. The Kier molecular flexibility index (Phi) is 4.91. The number of nitrogens with zero attached hydrogens (tertiary/aromatic N) is 1. The van der Waals surface area contributed by atoms with Crippen LogP contribution >= 0.6 is 0 Å². The van der Waals surface area contributed by atoms with Crippen LogP contribution in [0.15, 0.2) is 18.2 Å². The van der Waals surface area contributed by atoms with Crippen LogP contribution in [0.4, 0.5) is 4.79 Å². The summed E-state index contributed by atoms with van der Waals surface area (Å²) in [4.78, 5) is 50.0. The van der Waals surface area contributed by atoms with Gasteiger partial charge < -0.3 is 15.0 Å². The second kappa shape index (κ2) is 6.92. The van der Waals surface area contributed by atoms with Gasteiger partial charge in [0.05, 0.1) is 0 Å². The average molecular weight is 387 g/mol. The molecule has 28 heavy (non-hydrogen) atoms. The van der Waals surface area contributed by atoms with Crippen LogP contribution in [0.25, 0.3) is 0 Å². The maximum atomic E-state index is 12.8. The van der Waals surface area contributed by atoms with E-state index in [9.17, 15) is 19.2 Å². The maximum absolute atomic E-state index is 12.8. The Bertz CT molecular complexity index is 858. The molecular formula is C20H25N3O5. The summed E-state index contributed by atoms with van der Waals surface area (Å²) in [6.07, 6.45) is -0.0144. The lowest BCUT2D eigenvalue weighted by Crippen LogP contribution is -2.61. The van der Waals surface area contributed by atoms with Gasteiger partial charge in [0.25, 0.3) is 11.8 Å². The quantitative estimate of drug-likeness (QED) is 0.771. The third-order valence-electron chi connectivity index (χ3n) is 4.99. The Morgan fingerprint density at radius 2 is 2.00 bits per heavy atom. The van der Waals surface area contributed by atoms with E-state index < -0.39 is 23.1 Å². The van der Waals surface area contributed by atoms with E-state index in [-0.39, 0.29) is 31.3 Å². The van der Waals surface area contributed by atoms with Gasteiger partial charge >= 0.3 is 6.09 Å². The zero-order valence-corrected chi connectivity index (χ0v) is 16.5. The number of ether oxygens (including phenoxy) is 1. The SMILES string of the molecule is CC(C)(C)OC(=O)NCc1ccc2c(c1)CN([C@]1(C)CCC(=O)NC1=O)C2=O. The maximum Gasteiger partial charge on any atom is 0.407 e. The summed E-state index contributed by atoms with van der Waals surface area (Å²) < 4.78 is 5.21. The monoisotopic (exact) mass is 387 g/mol. The highest BCUT2D eigenvalue weighted by Gasteiger charge is 2.48. The highest BCUT2D eigenvalue weighted by atomic mass is 16.6. The van der Waals surface area contributed by atoms with E-state index in [4.69, 9.17) is 4.74 Å². The third kappa shape index (κ3) is 3.85. The summed E-state index contributed by atoms with van der Waals surface area (Å²) >= 11 is 0. The van der Waals surface area contributed by atoms with Crippen LogP contribution in [0, 0.1) is 0 Å². The van der Waals surface area contributed by atoms with Crippen molar-refractivity contribution in [1.29, 1.82) is 0 Å². The van der Waals surface area contributed by atoms with E-state index in [1.807, 2.05) is 6.07 Å². The van der Waals surface area contributed by atoms with Crippen LogP contribution in [-0.4, -0.2) is 39.9 Å². The first-order chi connectivity index (χ1) is 13.0. The minimum Gasteiger partial charge on any atom is -0.444 e. The molecule has 8 nitrogen and oxygen atoms in total. The Hall–Kier alpha value is -2.90. The molecule has 0 radical (unpaired) electrons. The van der Waals surface area contributed by atoms with Crippen molar-refractivity contribution in [3.05, 3.63) is 34.9 Å². The van der Waals surface area contributed by atoms with Crippen molar-refractivity contribution in [3.8, 4) is 0 Å². The third-order valence-corrected chi connectivity index (χ3v) is 4.99. The lowest BCUT2D eigenvalue weighted by Gasteiger charge is -2.39. The molecule has 0 aromatic heterocycles. The summed E-state index contributed by atoms with van der Waals surface area (Å²) in [5, 5.41) is 5.01. The number of carbonyl (C=O) groups excluding carboxylic acids is 4. The highest BCUT2D eigenvalue weighted by molar-refractivity contribution is 6.07. The molecule has 1 aromatic rings. The summed E-state index contributed by atoms with van der Waals surface area (Å²) in [6.45, 7) is 7.60. The minimum absolute atomic E-state index is 0.202. The molecule has 2 aliphatic rings. The molecule has 1 fully saturated rings. The standard InChI is InChI=1S/C20H25N3O5/c1-19(2,3)28-18(27)21-10-12-5-6-14-13(9-12)11-23(16(14)25)20(4)8-7-15(24)22-17(20)26/h5-6,9H,7-8,10-11H2,1-4H3,(H,21,27)(H,22,24,26)/t20-/m1/s1. The minimum atomic E-state index is -1.06. The van der Waals surface area contributed by atoms with Gasteiger partial charge in [0.15, 0.2) is 0 Å². The van der Waals surface area contributed by atoms with Crippen molar-refractivity contribution in [2.75, 3.05) is 0 Å². The van der Waals surface area contributed by atoms with E-state index in [0.717, 1.165) is 11.1 Å². The predicted molar refractivity (Wildman–Crippen MR) is 100 cm³/mol. The zero-order chi connectivity index (χ0) is 20.7. The zero-order valence-electron chi connectivity index (χ0n) is 16.5. The number of hydrogen-bond acceptors (Lipinski definition) is 5. The van der Waals surface area contributed by atoms with Crippen molar-refractivity contribution >= 4 is 23.8 Å². The number of amides is 4. The molecule has 2 N–H and O–H groups in total. The van der Waals surface area contributed by atoms with Crippen molar-refractivity contribution in [1.82, 2.24) is 15.5 Å². The lowest BCUT2D eigenvalue weighted by atomic mass is 9.89. The number of imide groups is 1. The molecule has 1 saturated heterocycles. The Morgan fingerprint density at radius 3 is 2.64 bits per heavy atom. The van der Waals surface area contributed by atoms with E-state index in [1.165, 1.54) is 4.90 Å². The van der Waals surface area contributed by atoms with Crippen molar-refractivity contribution in [3.63, 3.8) is 0 Å². The summed E-state index contributed by atoms with van der Waals surface area (Å²) in [7, 11) is 0. The number of piperidine rings is 1. The number of nitrogens with one attached hydrogen (secondary N) is 2. The van der Waals surface area contributed by atoms with E-state index in [2.05, 4.69) is 10.6 Å². The first kappa shape index (κ1) is 19.9. The summed E-state index contributed by atoms with van der Waals surface area (Å²) in [5.41, 5.74) is 0.518. The molecule has 4 amide bonds. The van der Waals surface area contributed by atoms with Crippen LogP contribution in [0.5, 0.6) is 0 Å². The van der Waals surface area contributed by atoms with Gasteiger partial charge in [-0.25, -0.2) is 4.79 Å². The summed E-state index contributed by atoms with van der Waals surface area (Å²) in [5.74, 6) is -0.993. The molecule has 0 saturated carbocycles. The van der Waals surface area contributed by atoms with Gasteiger partial charge in [-0.3, -0.25) is 19.7 Å². The molecule has 150 valence electrons. The van der Waals surface area contributed by atoms with Crippen molar-refractivity contribution in [2.24, 2.45) is 0 Å². The van der Waals surface area contributed by atoms with Gasteiger partial charge in [-0.2, -0.15) is 0 Å². The van der Waals surface area contributed by atoms with Crippen LogP contribution < -0.4 is 10.6 Å². The second-order valence-electron chi connectivity index (χ2n) is 8.39. The molecule has 3 rings (SSSR count). The molecule has 0 unspecified atom stereocenters. The second-order valence-corrected chi connectivity index (χ2v) is 8.39. The fourth-order valence-electron chi connectivity index (χ4n) is 3.42. The number of hydrogen-bond donors (Lipinski definition) is 2. The van der Waals surface area contributed by atoms with Crippen molar-refractivity contribution in [2.45, 2.75) is 64.8 Å². The van der Waals surface area contributed by atoms with Crippen LogP contribution in [0.3, 0.4) is 0 Å². The summed E-state index contributed by atoms with van der Waals surface area (Å²) in [6, 6.07) is 5.32. The molecule has 0 bridgehead atoms. The van der Waals surface area contributed by atoms with Gasteiger partial charge in [0.1, 0.15) is 11.1 Å². The number of benzene rings is 1. The highest BCUT2D eigenvalue weighted by Crippen LogP contribution is 2.34. The Labute approximate surface area is 163 Å². The van der Waals surface area contributed by atoms with Gasteiger partial charge in [-0.1, -0.05) is 12.1 Å².